The molecule has 0 amide bonds. The summed E-state index contributed by atoms with van der Waals surface area (Å²) in [4.78, 5) is 5.05. The number of hydrogen-bond acceptors (Lipinski definition) is 5. The van der Waals surface area contributed by atoms with Crippen LogP contribution < -0.4 is 0 Å². The van der Waals surface area contributed by atoms with Gasteiger partial charge in [0.05, 0.1) is 11.7 Å². The minimum Gasteiger partial charge on any atom is -0.297 e. The fraction of sp³-hybridized carbons (Fsp3) is 0.242. The molecule has 39 heavy (non-hydrogen) atoms. The number of fused-ring (bicyclic) bond motifs is 1. The molecule has 1 aromatic heterocycles. The van der Waals surface area contributed by atoms with E-state index in [-0.39, 0.29) is 6.04 Å². The highest BCUT2D eigenvalue weighted by Gasteiger charge is 2.31. The van der Waals surface area contributed by atoms with Gasteiger partial charge in [-0.25, -0.2) is 0 Å². The predicted octanol–water partition coefficient (Wildman–Crippen LogP) is 5.85. The number of rotatable bonds is 7. The Labute approximate surface area is 230 Å². The van der Waals surface area contributed by atoms with Gasteiger partial charge in [0, 0.05) is 32.7 Å². The number of aromatic nitrogens is 4. The second kappa shape index (κ2) is 11.3. The molecule has 5 aromatic rings. The number of piperazine rings is 1. The average Bonchev–Trinajstić information content (AvgIpc) is 3.43. The van der Waals surface area contributed by atoms with E-state index in [9.17, 15) is 0 Å². The number of nitrogens with zero attached hydrogens (tertiary/aromatic N) is 6. The zero-order chi connectivity index (χ0) is 26.6. The van der Waals surface area contributed by atoms with Crippen LogP contribution in [0.5, 0.6) is 0 Å². The first kappa shape index (κ1) is 25.2. The van der Waals surface area contributed by atoms with Crippen molar-refractivity contribution in [1.29, 1.82) is 0 Å². The van der Waals surface area contributed by atoms with Crippen LogP contribution in [0, 0.1) is 13.8 Å². The van der Waals surface area contributed by atoms with Gasteiger partial charge in [-0.05, 0) is 63.4 Å². The largest absolute Gasteiger partial charge is 0.297 e. The van der Waals surface area contributed by atoms with E-state index in [4.69, 9.17) is 0 Å². The van der Waals surface area contributed by atoms with Gasteiger partial charge < -0.3 is 0 Å². The summed E-state index contributed by atoms with van der Waals surface area (Å²) in [7, 11) is 0. The molecule has 0 bridgehead atoms. The maximum atomic E-state index is 4.64. The Morgan fingerprint density at radius 3 is 2.26 bits per heavy atom. The molecular formula is C33H34N6. The summed E-state index contributed by atoms with van der Waals surface area (Å²) >= 11 is 0. The van der Waals surface area contributed by atoms with Crippen LogP contribution >= 0.6 is 0 Å². The van der Waals surface area contributed by atoms with E-state index in [2.05, 4.69) is 142 Å². The molecule has 1 fully saturated rings. The van der Waals surface area contributed by atoms with Crippen LogP contribution in [0.3, 0.4) is 0 Å². The molecule has 0 spiro atoms. The highest BCUT2D eigenvalue weighted by molar-refractivity contribution is 5.83. The third-order valence-corrected chi connectivity index (χ3v) is 7.72. The van der Waals surface area contributed by atoms with Crippen LogP contribution in [0.15, 0.2) is 97.1 Å². The summed E-state index contributed by atoms with van der Waals surface area (Å²) in [5.41, 5.74) is 5.85. The molecule has 6 heteroatoms. The van der Waals surface area contributed by atoms with Crippen molar-refractivity contribution < 1.29 is 0 Å². The zero-order valence-electron chi connectivity index (χ0n) is 22.6. The topological polar surface area (TPSA) is 50.1 Å². The molecule has 0 N–H and O–H groups in total. The first-order valence-corrected chi connectivity index (χ1v) is 13.7. The smallest absolute Gasteiger partial charge is 0.178 e. The Bertz CT molecular complexity index is 1560. The van der Waals surface area contributed by atoms with Gasteiger partial charge >= 0.3 is 0 Å². The van der Waals surface area contributed by atoms with Crippen molar-refractivity contribution in [3.05, 3.63) is 125 Å². The Kier molecular flexibility index (Phi) is 7.30. The maximum Gasteiger partial charge on any atom is 0.178 e. The summed E-state index contributed by atoms with van der Waals surface area (Å²) < 4.78 is 1.96. The first-order chi connectivity index (χ1) is 19.2. The van der Waals surface area contributed by atoms with Crippen LogP contribution in [-0.2, 0) is 0 Å². The molecule has 1 atom stereocenters. The lowest BCUT2D eigenvalue weighted by Gasteiger charge is -2.38. The van der Waals surface area contributed by atoms with Gasteiger partial charge in [-0.2, -0.15) is 4.68 Å². The summed E-state index contributed by atoms with van der Waals surface area (Å²) in [5.74, 6) is 0.861. The van der Waals surface area contributed by atoms with E-state index in [0.29, 0.717) is 0 Å². The summed E-state index contributed by atoms with van der Waals surface area (Å²) in [6.07, 6.45) is 4.48. The first-order valence-electron chi connectivity index (χ1n) is 13.7. The number of para-hydroxylation sites is 1. The van der Waals surface area contributed by atoms with Gasteiger partial charge in [-0.15, -0.1) is 5.10 Å². The van der Waals surface area contributed by atoms with E-state index in [1.54, 1.807) is 0 Å². The van der Waals surface area contributed by atoms with Crippen molar-refractivity contribution in [1.82, 2.24) is 30.0 Å². The molecule has 1 saturated heterocycles. The van der Waals surface area contributed by atoms with Gasteiger partial charge in [-0.3, -0.25) is 9.80 Å². The quantitative estimate of drug-likeness (QED) is 0.273. The monoisotopic (exact) mass is 514 g/mol. The Morgan fingerprint density at radius 2 is 1.49 bits per heavy atom. The molecule has 0 saturated carbocycles. The summed E-state index contributed by atoms with van der Waals surface area (Å²) in [5, 5.41) is 15.8. The fourth-order valence-corrected chi connectivity index (χ4v) is 5.67. The van der Waals surface area contributed by atoms with Crippen molar-refractivity contribution in [2.75, 3.05) is 32.7 Å². The molecule has 1 unspecified atom stereocenters. The van der Waals surface area contributed by atoms with E-state index < -0.39 is 0 Å². The molecule has 1 aliphatic rings. The van der Waals surface area contributed by atoms with Crippen LogP contribution in [0.1, 0.15) is 34.1 Å². The molecule has 1 aliphatic heterocycles. The molecule has 2 heterocycles. The van der Waals surface area contributed by atoms with Crippen molar-refractivity contribution in [2.24, 2.45) is 0 Å². The number of benzene rings is 4. The van der Waals surface area contributed by atoms with Crippen molar-refractivity contribution >= 4 is 16.8 Å². The lowest BCUT2D eigenvalue weighted by molar-refractivity contribution is 0.113. The van der Waals surface area contributed by atoms with Crippen molar-refractivity contribution in [2.45, 2.75) is 19.9 Å². The van der Waals surface area contributed by atoms with Crippen molar-refractivity contribution in [3.63, 3.8) is 0 Å². The maximum absolute atomic E-state index is 4.64. The van der Waals surface area contributed by atoms with Gasteiger partial charge in [-0.1, -0.05) is 97.1 Å². The van der Waals surface area contributed by atoms with E-state index in [1.807, 2.05) is 4.68 Å². The minimum absolute atomic E-state index is 0.0503. The minimum atomic E-state index is -0.0503. The molecule has 0 aliphatic carbocycles. The van der Waals surface area contributed by atoms with Crippen LogP contribution in [0.2, 0.25) is 0 Å². The van der Waals surface area contributed by atoms with Gasteiger partial charge in [0.25, 0.3) is 0 Å². The summed E-state index contributed by atoms with van der Waals surface area (Å²) in [6, 6.07) is 32.1. The van der Waals surface area contributed by atoms with Gasteiger partial charge in [0.2, 0.25) is 0 Å². The van der Waals surface area contributed by atoms with Gasteiger partial charge in [0.15, 0.2) is 5.82 Å². The zero-order valence-corrected chi connectivity index (χ0v) is 22.6. The van der Waals surface area contributed by atoms with Crippen LogP contribution in [0.4, 0.5) is 0 Å². The molecular weight excluding hydrogens is 480 g/mol. The Hall–Kier alpha value is -4.13. The van der Waals surface area contributed by atoms with Gasteiger partial charge in [0.1, 0.15) is 0 Å². The van der Waals surface area contributed by atoms with Crippen LogP contribution in [0.25, 0.3) is 22.5 Å². The standard InChI is InChI=1S/C33H34N6/c1-25-10-8-11-26(2)31(25)39-33(34-35-36-39)32(30-18-17-28-15-6-7-16-29(28)24-30)38-22-20-37(21-23-38)19-9-14-27-12-4-3-5-13-27/h3-18,24,32H,19-23H2,1-2H3. The lowest BCUT2D eigenvalue weighted by atomic mass is 9.99. The molecule has 0 radical (unpaired) electrons. The number of tetrazole rings is 1. The molecule has 4 aromatic carbocycles. The fourth-order valence-electron chi connectivity index (χ4n) is 5.67. The second-order valence-electron chi connectivity index (χ2n) is 10.3. The average molecular weight is 515 g/mol. The highest BCUT2D eigenvalue weighted by atomic mass is 15.6. The third-order valence-electron chi connectivity index (χ3n) is 7.72. The van der Waals surface area contributed by atoms with Crippen LogP contribution in [-0.4, -0.2) is 62.7 Å². The summed E-state index contributed by atoms with van der Waals surface area (Å²) in [6.45, 7) is 9.07. The Morgan fingerprint density at radius 1 is 0.769 bits per heavy atom. The Balaban J connectivity index is 1.30. The SMILES string of the molecule is Cc1cccc(C)c1-n1nnnc1C(c1ccc2ccccc2c1)N1CCN(CC=Cc2ccccc2)CC1. The highest BCUT2D eigenvalue weighted by Crippen LogP contribution is 2.32. The number of aryl methyl sites for hydroxylation is 2. The van der Waals surface area contributed by atoms with E-state index >= 15 is 0 Å². The third kappa shape index (κ3) is 5.39. The van der Waals surface area contributed by atoms with E-state index in [0.717, 1.165) is 55.4 Å². The molecule has 196 valence electrons. The molecule has 6 nitrogen and oxygen atoms in total. The normalized spacial score (nSPS) is 15.7. The molecule has 6 rings (SSSR count). The predicted molar refractivity (Wildman–Crippen MR) is 158 cm³/mol. The lowest BCUT2D eigenvalue weighted by Crippen LogP contribution is -2.48. The second-order valence-corrected chi connectivity index (χ2v) is 10.3. The van der Waals surface area contributed by atoms with Crippen molar-refractivity contribution in [3.8, 4) is 5.69 Å². The number of hydrogen-bond donors (Lipinski definition) is 0. The van der Waals surface area contributed by atoms with E-state index in [1.165, 1.54) is 21.9 Å².